The first kappa shape index (κ1) is 11.8. The molecule has 3 heteroatoms. The van der Waals surface area contributed by atoms with Gasteiger partial charge in [-0.05, 0) is 18.1 Å². The van der Waals surface area contributed by atoms with Gasteiger partial charge in [0.05, 0.1) is 0 Å². The summed E-state index contributed by atoms with van der Waals surface area (Å²) in [5, 5.41) is 9.34. The van der Waals surface area contributed by atoms with E-state index in [2.05, 4.69) is 19.1 Å². The Labute approximate surface area is 101 Å². The molecule has 2 nitrogen and oxygen atoms in total. The fraction of sp³-hybridized carbons (Fsp3) is 0.538. The number of aliphatic hydroxyl groups is 1. The summed E-state index contributed by atoms with van der Waals surface area (Å²) in [4.78, 5) is 0. The van der Waals surface area contributed by atoms with Crippen molar-refractivity contribution in [3.05, 3.63) is 29.8 Å². The minimum absolute atomic E-state index is 0.278. The number of thioether (sulfide) groups is 1. The van der Waals surface area contributed by atoms with E-state index in [1.165, 1.54) is 5.56 Å². The average molecular weight is 238 g/mol. The van der Waals surface area contributed by atoms with Gasteiger partial charge in [-0.2, -0.15) is 11.8 Å². The van der Waals surface area contributed by atoms with Crippen molar-refractivity contribution in [1.82, 2.24) is 0 Å². The smallest absolute Gasteiger partial charge is 0.123 e. The molecule has 1 aromatic rings. The van der Waals surface area contributed by atoms with E-state index in [0.29, 0.717) is 11.4 Å². The molecule has 16 heavy (non-hydrogen) atoms. The SMILES string of the molecule is CC(CCO)SCC1Cc2ccccc2O1. The number of rotatable bonds is 5. The molecule has 0 saturated heterocycles. The van der Waals surface area contributed by atoms with Gasteiger partial charge in [-0.25, -0.2) is 0 Å². The van der Waals surface area contributed by atoms with Crippen LogP contribution in [0, 0.1) is 0 Å². The maximum absolute atomic E-state index is 8.83. The molecule has 1 aliphatic heterocycles. The summed E-state index contributed by atoms with van der Waals surface area (Å²) in [6.45, 7) is 2.43. The Morgan fingerprint density at radius 3 is 3.06 bits per heavy atom. The highest BCUT2D eigenvalue weighted by Crippen LogP contribution is 2.30. The predicted octanol–water partition coefficient (Wildman–Crippen LogP) is 2.49. The topological polar surface area (TPSA) is 29.5 Å². The summed E-state index contributed by atoms with van der Waals surface area (Å²) in [5.41, 5.74) is 1.32. The van der Waals surface area contributed by atoms with E-state index < -0.39 is 0 Å². The van der Waals surface area contributed by atoms with Crippen molar-refractivity contribution in [2.75, 3.05) is 12.4 Å². The Morgan fingerprint density at radius 2 is 2.31 bits per heavy atom. The number of aliphatic hydroxyl groups excluding tert-OH is 1. The fourth-order valence-electron chi connectivity index (χ4n) is 1.88. The summed E-state index contributed by atoms with van der Waals surface area (Å²) in [6, 6.07) is 8.25. The van der Waals surface area contributed by atoms with Crippen LogP contribution < -0.4 is 4.74 Å². The molecule has 2 atom stereocenters. The molecule has 1 aliphatic rings. The molecule has 0 bridgehead atoms. The van der Waals surface area contributed by atoms with Crippen molar-refractivity contribution >= 4 is 11.8 Å². The Kier molecular flexibility index (Phi) is 4.13. The van der Waals surface area contributed by atoms with Crippen molar-refractivity contribution in [3.8, 4) is 5.75 Å². The van der Waals surface area contributed by atoms with Crippen molar-refractivity contribution in [2.24, 2.45) is 0 Å². The third-order valence-corrected chi connectivity index (χ3v) is 4.19. The predicted molar refractivity (Wildman–Crippen MR) is 68.2 cm³/mol. The lowest BCUT2D eigenvalue weighted by atomic mass is 10.1. The maximum atomic E-state index is 8.83. The Morgan fingerprint density at radius 1 is 1.50 bits per heavy atom. The van der Waals surface area contributed by atoms with Gasteiger partial charge in [-0.3, -0.25) is 0 Å². The van der Waals surface area contributed by atoms with E-state index in [9.17, 15) is 0 Å². The molecular formula is C13H18O2S. The molecular weight excluding hydrogens is 220 g/mol. The number of hydrogen-bond donors (Lipinski definition) is 1. The molecule has 0 radical (unpaired) electrons. The first-order valence-corrected chi connectivity index (χ1v) is 6.81. The zero-order valence-corrected chi connectivity index (χ0v) is 10.4. The summed E-state index contributed by atoms with van der Waals surface area (Å²) in [7, 11) is 0. The first-order chi connectivity index (χ1) is 7.79. The van der Waals surface area contributed by atoms with Crippen molar-refractivity contribution < 1.29 is 9.84 Å². The third-order valence-electron chi connectivity index (χ3n) is 2.82. The van der Waals surface area contributed by atoms with Crippen LogP contribution in [0.2, 0.25) is 0 Å². The number of benzene rings is 1. The first-order valence-electron chi connectivity index (χ1n) is 5.76. The molecule has 1 N–H and O–H groups in total. The molecule has 0 amide bonds. The molecule has 0 aliphatic carbocycles. The van der Waals surface area contributed by atoms with E-state index in [4.69, 9.17) is 9.84 Å². The lowest BCUT2D eigenvalue weighted by Gasteiger charge is -2.13. The van der Waals surface area contributed by atoms with Gasteiger partial charge in [-0.1, -0.05) is 25.1 Å². The second-order valence-corrected chi connectivity index (χ2v) is 5.68. The highest BCUT2D eigenvalue weighted by Gasteiger charge is 2.22. The average Bonchev–Trinajstić information content (AvgIpc) is 2.69. The van der Waals surface area contributed by atoms with Crippen LogP contribution in [0.5, 0.6) is 5.75 Å². The van der Waals surface area contributed by atoms with Crippen LogP contribution in [0.15, 0.2) is 24.3 Å². The van der Waals surface area contributed by atoms with Crippen LogP contribution in [0.1, 0.15) is 18.9 Å². The quantitative estimate of drug-likeness (QED) is 0.854. The molecule has 0 fully saturated rings. The maximum Gasteiger partial charge on any atom is 0.123 e. The van der Waals surface area contributed by atoms with Crippen LogP contribution >= 0.6 is 11.8 Å². The fourth-order valence-corrected chi connectivity index (χ4v) is 2.88. The van der Waals surface area contributed by atoms with Crippen molar-refractivity contribution in [3.63, 3.8) is 0 Å². The normalized spacial score (nSPS) is 20.2. The monoisotopic (exact) mass is 238 g/mol. The lowest BCUT2D eigenvalue weighted by Crippen LogP contribution is -2.18. The van der Waals surface area contributed by atoms with Crippen LogP contribution in [0.4, 0.5) is 0 Å². The molecule has 0 spiro atoms. The lowest BCUT2D eigenvalue weighted by molar-refractivity contribution is 0.258. The van der Waals surface area contributed by atoms with Gasteiger partial charge in [0.2, 0.25) is 0 Å². The highest BCUT2D eigenvalue weighted by molar-refractivity contribution is 7.99. The minimum Gasteiger partial charge on any atom is -0.489 e. The summed E-state index contributed by atoms with van der Waals surface area (Å²) in [6.07, 6.45) is 2.20. The number of fused-ring (bicyclic) bond motifs is 1. The van der Waals surface area contributed by atoms with Gasteiger partial charge in [-0.15, -0.1) is 0 Å². The van der Waals surface area contributed by atoms with Gasteiger partial charge >= 0.3 is 0 Å². The van der Waals surface area contributed by atoms with E-state index >= 15 is 0 Å². The van der Waals surface area contributed by atoms with Crippen molar-refractivity contribution in [1.29, 1.82) is 0 Å². The molecule has 2 unspecified atom stereocenters. The van der Waals surface area contributed by atoms with Crippen LogP contribution in [-0.2, 0) is 6.42 Å². The van der Waals surface area contributed by atoms with Crippen molar-refractivity contribution in [2.45, 2.75) is 31.1 Å². The largest absolute Gasteiger partial charge is 0.489 e. The van der Waals surface area contributed by atoms with Gasteiger partial charge in [0.25, 0.3) is 0 Å². The van der Waals surface area contributed by atoms with Crippen LogP contribution in [-0.4, -0.2) is 28.8 Å². The van der Waals surface area contributed by atoms with E-state index in [1.807, 2.05) is 23.9 Å². The van der Waals surface area contributed by atoms with E-state index in [0.717, 1.165) is 24.3 Å². The number of para-hydroxylation sites is 1. The molecule has 2 rings (SSSR count). The molecule has 88 valence electrons. The van der Waals surface area contributed by atoms with Crippen LogP contribution in [0.3, 0.4) is 0 Å². The summed E-state index contributed by atoms with van der Waals surface area (Å²) >= 11 is 1.88. The Balaban J connectivity index is 1.79. The Hall–Kier alpha value is -0.670. The van der Waals surface area contributed by atoms with Gasteiger partial charge < -0.3 is 9.84 Å². The second kappa shape index (κ2) is 5.60. The molecule has 0 saturated carbocycles. The van der Waals surface area contributed by atoms with E-state index in [-0.39, 0.29) is 6.61 Å². The molecule has 0 aromatic heterocycles. The van der Waals surface area contributed by atoms with Gasteiger partial charge in [0.15, 0.2) is 0 Å². The van der Waals surface area contributed by atoms with Crippen LogP contribution in [0.25, 0.3) is 0 Å². The standard InChI is InChI=1S/C13H18O2S/c1-10(6-7-14)16-9-12-8-11-4-2-3-5-13(11)15-12/h2-5,10,12,14H,6-9H2,1H3. The summed E-state index contributed by atoms with van der Waals surface area (Å²) < 4.78 is 5.85. The summed E-state index contributed by atoms with van der Waals surface area (Å²) in [5.74, 6) is 2.05. The minimum atomic E-state index is 0.278. The van der Waals surface area contributed by atoms with E-state index in [1.54, 1.807) is 0 Å². The highest BCUT2D eigenvalue weighted by atomic mass is 32.2. The Bertz CT molecular complexity index is 315. The number of hydrogen-bond acceptors (Lipinski definition) is 3. The third kappa shape index (κ3) is 2.92. The van der Waals surface area contributed by atoms with Gasteiger partial charge in [0.1, 0.15) is 11.9 Å². The second-order valence-electron chi connectivity index (χ2n) is 4.21. The molecule has 1 aromatic carbocycles. The number of ether oxygens (including phenoxy) is 1. The zero-order valence-electron chi connectivity index (χ0n) is 9.56. The van der Waals surface area contributed by atoms with Gasteiger partial charge in [0, 0.05) is 24.0 Å². The molecule has 1 heterocycles. The zero-order chi connectivity index (χ0) is 11.4.